The summed E-state index contributed by atoms with van der Waals surface area (Å²) in [6.45, 7) is 1.93. The van der Waals surface area contributed by atoms with Crippen molar-refractivity contribution in [2.75, 3.05) is 5.32 Å². The molecule has 0 aliphatic carbocycles. The number of Topliss-reactive ketones (excluding diaryl/α,β-unsaturated/α-hetero) is 1. The normalized spacial score (nSPS) is 10.1. The van der Waals surface area contributed by atoms with Gasteiger partial charge in [0.25, 0.3) is 0 Å². The smallest absolute Gasteiger partial charge is 0.163 e. The average molecular weight is 244 g/mol. The summed E-state index contributed by atoms with van der Waals surface area (Å²) in [6.07, 6.45) is 1.10. The van der Waals surface area contributed by atoms with Crippen LogP contribution in [0.15, 0.2) is 42.6 Å². The molecule has 4 heteroatoms. The van der Waals surface area contributed by atoms with Crippen LogP contribution in [-0.2, 0) is 6.54 Å². The third-order valence-corrected chi connectivity index (χ3v) is 2.54. The Kier molecular flexibility index (Phi) is 3.67. The first-order valence-corrected chi connectivity index (χ1v) is 5.61. The number of nitrogens with one attached hydrogen (secondary N) is 1. The van der Waals surface area contributed by atoms with E-state index < -0.39 is 5.82 Å². The van der Waals surface area contributed by atoms with Crippen LogP contribution in [0.3, 0.4) is 0 Å². The second-order valence-corrected chi connectivity index (χ2v) is 3.95. The predicted octanol–water partition coefficient (Wildman–Crippen LogP) is 3.04. The van der Waals surface area contributed by atoms with Gasteiger partial charge in [0.15, 0.2) is 5.78 Å². The van der Waals surface area contributed by atoms with Crippen LogP contribution >= 0.6 is 0 Å². The summed E-state index contributed by atoms with van der Waals surface area (Å²) in [5.74, 6) is -0.309. The minimum Gasteiger partial charge on any atom is -0.365 e. The number of nitrogens with zero attached hydrogens (tertiary/aromatic N) is 1. The second kappa shape index (κ2) is 5.40. The number of hydrogen-bond donors (Lipinski definition) is 1. The Morgan fingerprint density at radius 1 is 1.33 bits per heavy atom. The molecular formula is C14H13FN2O. The number of rotatable bonds is 4. The second-order valence-electron chi connectivity index (χ2n) is 3.95. The highest BCUT2D eigenvalue weighted by Gasteiger charge is 2.09. The molecule has 18 heavy (non-hydrogen) atoms. The fourth-order valence-corrected chi connectivity index (χ4v) is 1.63. The van der Waals surface area contributed by atoms with Gasteiger partial charge < -0.3 is 5.32 Å². The van der Waals surface area contributed by atoms with E-state index in [1.807, 2.05) is 30.3 Å². The van der Waals surface area contributed by atoms with E-state index in [1.54, 1.807) is 0 Å². The highest BCUT2D eigenvalue weighted by atomic mass is 19.1. The van der Waals surface area contributed by atoms with Crippen LogP contribution in [0, 0.1) is 5.82 Å². The monoisotopic (exact) mass is 244 g/mol. The van der Waals surface area contributed by atoms with Crippen molar-refractivity contribution in [2.45, 2.75) is 13.5 Å². The molecule has 1 N–H and O–H groups in total. The molecule has 0 saturated carbocycles. The Morgan fingerprint density at radius 2 is 2.06 bits per heavy atom. The van der Waals surface area contributed by atoms with Gasteiger partial charge in [-0.15, -0.1) is 0 Å². The molecule has 1 aromatic carbocycles. The number of benzene rings is 1. The van der Waals surface area contributed by atoms with Crippen molar-refractivity contribution < 1.29 is 9.18 Å². The van der Waals surface area contributed by atoms with Crippen LogP contribution in [0.1, 0.15) is 22.8 Å². The topological polar surface area (TPSA) is 42.0 Å². The molecule has 1 heterocycles. The zero-order valence-corrected chi connectivity index (χ0v) is 9.98. The van der Waals surface area contributed by atoms with Gasteiger partial charge in [0.05, 0.1) is 11.8 Å². The molecule has 1 aromatic heterocycles. The van der Waals surface area contributed by atoms with E-state index in [4.69, 9.17) is 0 Å². The number of carbonyl (C=O) groups excluding carboxylic acids is 1. The van der Waals surface area contributed by atoms with Crippen molar-refractivity contribution in [2.24, 2.45) is 0 Å². The maximum Gasteiger partial charge on any atom is 0.163 e. The van der Waals surface area contributed by atoms with Crippen molar-refractivity contribution in [1.29, 1.82) is 0 Å². The first kappa shape index (κ1) is 12.2. The average Bonchev–Trinajstić information content (AvgIpc) is 2.38. The molecule has 2 aromatic rings. The van der Waals surface area contributed by atoms with Crippen LogP contribution in [0.2, 0.25) is 0 Å². The van der Waals surface area contributed by atoms with Crippen LogP contribution in [0.25, 0.3) is 0 Å². The number of anilines is 1. The molecule has 0 fully saturated rings. The van der Waals surface area contributed by atoms with Gasteiger partial charge in [-0.3, -0.25) is 4.79 Å². The maximum absolute atomic E-state index is 13.0. The fourth-order valence-electron chi connectivity index (χ4n) is 1.63. The van der Waals surface area contributed by atoms with Crippen LogP contribution in [-0.4, -0.2) is 10.8 Å². The molecule has 92 valence electrons. The number of hydrogen-bond acceptors (Lipinski definition) is 3. The van der Waals surface area contributed by atoms with E-state index in [0.29, 0.717) is 12.4 Å². The van der Waals surface area contributed by atoms with Crippen LogP contribution < -0.4 is 5.32 Å². The number of ketones is 1. The van der Waals surface area contributed by atoms with Crippen LogP contribution in [0.5, 0.6) is 0 Å². The Morgan fingerprint density at radius 3 is 2.72 bits per heavy atom. The van der Waals surface area contributed by atoms with Gasteiger partial charge >= 0.3 is 0 Å². The van der Waals surface area contributed by atoms with Gasteiger partial charge in [-0.25, -0.2) is 9.37 Å². The maximum atomic E-state index is 13.0. The number of halogens is 1. The third-order valence-electron chi connectivity index (χ3n) is 2.54. The molecule has 0 spiro atoms. The van der Waals surface area contributed by atoms with Gasteiger partial charge in [-0.2, -0.15) is 0 Å². The van der Waals surface area contributed by atoms with Gasteiger partial charge in [0.2, 0.25) is 0 Å². The van der Waals surface area contributed by atoms with Gasteiger partial charge in [-0.05, 0) is 18.6 Å². The summed E-state index contributed by atoms with van der Waals surface area (Å²) in [5.41, 5.74) is 1.34. The summed E-state index contributed by atoms with van der Waals surface area (Å²) in [4.78, 5) is 15.3. The molecule has 0 aliphatic rings. The lowest BCUT2D eigenvalue weighted by Gasteiger charge is -2.09. The lowest BCUT2D eigenvalue weighted by atomic mass is 10.1. The highest BCUT2D eigenvalue weighted by molar-refractivity contribution is 5.98. The summed E-state index contributed by atoms with van der Waals surface area (Å²) in [6, 6.07) is 10.9. The molecule has 0 radical (unpaired) electrons. The molecule has 0 aliphatic heterocycles. The summed E-state index contributed by atoms with van der Waals surface area (Å²) < 4.78 is 13.0. The predicted molar refractivity (Wildman–Crippen MR) is 68.0 cm³/mol. The molecule has 0 atom stereocenters. The molecule has 0 bridgehead atoms. The third kappa shape index (κ3) is 2.91. The molecule has 3 nitrogen and oxygen atoms in total. The highest BCUT2D eigenvalue weighted by Crippen LogP contribution is 2.15. The largest absolute Gasteiger partial charge is 0.365 e. The number of carbonyl (C=O) groups is 1. The molecular weight excluding hydrogens is 231 g/mol. The Bertz CT molecular complexity index is 555. The number of pyridine rings is 1. The molecule has 0 saturated heterocycles. The minimum atomic E-state index is -0.509. The van der Waals surface area contributed by atoms with E-state index in [9.17, 15) is 9.18 Å². The van der Waals surface area contributed by atoms with Crippen LogP contribution in [0.4, 0.5) is 10.2 Å². The van der Waals surface area contributed by atoms with Crippen molar-refractivity contribution in [3.05, 3.63) is 59.5 Å². The lowest BCUT2D eigenvalue weighted by molar-refractivity contribution is 0.101. The standard InChI is InChI=1S/C14H13FN2O/c1-10(18)13-7-12(15)9-17-14(13)16-8-11-5-3-2-4-6-11/h2-7,9H,8H2,1H3,(H,16,17). The van der Waals surface area contributed by atoms with Gasteiger partial charge in [0.1, 0.15) is 11.6 Å². The van der Waals surface area contributed by atoms with Crippen molar-refractivity contribution in [3.63, 3.8) is 0 Å². The quantitative estimate of drug-likeness (QED) is 0.840. The van der Waals surface area contributed by atoms with Crippen molar-refractivity contribution >= 4 is 11.6 Å². The molecule has 2 rings (SSSR count). The van der Waals surface area contributed by atoms with Gasteiger partial charge in [-0.1, -0.05) is 30.3 Å². The van der Waals surface area contributed by atoms with Gasteiger partial charge in [0, 0.05) is 6.54 Å². The van der Waals surface area contributed by atoms with E-state index in [2.05, 4.69) is 10.3 Å². The van der Waals surface area contributed by atoms with E-state index >= 15 is 0 Å². The summed E-state index contributed by atoms with van der Waals surface area (Å²) >= 11 is 0. The van der Waals surface area contributed by atoms with E-state index in [1.165, 1.54) is 13.0 Å². The summed E-state index contributed by atoms with van der Waals surface area (Å²) in [5, 5.41) is 3.04. The Labute approximate surface area is 105 Å². The lowest BCUT2D eigenvalue weighted by Crippen LogP contribution is -2.07. The van der Waals surface area contributed by atoms with E-state index in [0.717, 1.165) is 11.8 Å². The Hall–Kier alpha value is -2.23. The number of aromatic nitrogens is 1. The summed E-state index contributed by atoms with van der Waals surface area (Å²) in [7, 11) is 0. The van der Waals surface area contributed by atoms with Crippen molar-refractivity contribution in [3.8, 4) is 0 Å². The first-order valence-electron chi connectivity index (χ1n) is 5.61. The minimum absolute atomic E-state index is 0.211. The molecule has 0 amide bonds. The van der Waals surface area contributed by atoms with Crippen molar-refractivity contribution in [1.82, 2.24) is 4.98 Å². The Balaban J connectivity index is 2.17. The zero-order chi connectivity index (χ0) is 13.0. The SMILES string of the molecule is CC(=O)c1cc(F)cnc1NCc1ccccc1. The van der Waals surface area contributed by atoms with E-state index in [-0.39, 0.29) is 11.3 Å². The zero-order valence-electron chi connectivity index (χ0n) is 9.98. The molecule has 0 unspecified atom stereocenters. The fraction of sp³-hybridized carbons (Fsp3) is 0.143. The first-order chi connectivity index (χ1) is 8.66.